The highest BCUT2D eigenvalue weighted by molar-refractivity contribution is 5.98. The van der Waals surface area contributed by atoms with Gasteiger partial charge in [0.05, 0.1) is 6.54 Å². The molecule has 0 radical (unpaired) electrons. The molecule has 6 heteroatoms. The summed E-state index contributed by atoms with van der Waals surface area (Å²) < 4.78 is 33.8. The number of ether oxygens (including phenoxy) is 2. The molecule has 1 aliphatic heterocycles. The van der Waals surface area contributed by atoms with Crippen molar-refractivity contribution in [2.45, 2.75) is 6.55 Å². The molecule has 1 aromatic rings. The Balaban J connectivity index is 2.06. The summed E-state index contributed by atoms with van der Waals surface area (Å²) in [6, 6.07) is 4.58. The van der Waals surface area contributed by atoms with Crippen LogP contribution < -0.4 is 14.8 Å². The van der Waals surface area contributed by atoms with Crippen LogP contribution in [0.4, 0.5) is 8.78 Å². The van der Waals surface area contributed by atoms with Crippen molar-refractivity contribution in [2.24, 2.45) is 0 Å². The van der Waals surface area contributed by atoms with Gasteiger partial charge < -0.3 is 9.47 Å². The molecule has 0 aliphatic carbocycles. The maximum Gasteiger partial charge on any atom is 0.292 e. The third kappa shape index (κ3) is 2.27. The molecule has 0 atom stereocenters. The Kier molecular flexibility index (Phi) is 3.00. The molecule has 0 spiro atoms. The van der Waals surface area contributed by atoms with Crippen LogP contribution in [0.25, 0.3) is 0 Å². The lowest BCUT2D eigenvalue weighted by Gasteiger charge is -2.03. The summed E-state index contributed by atoms with van der Waals surface area (Å²) in [7, 11) is 0. The SMILES string of the molecule is O=C(CNC(F)F)c1ccc2c(c1)OCO2. The minimum Gasteiger partial charge on any atom is -0.454 e. The molecule has 0 saturated heterocycles. The maximum atomic E-state index is 11.8. The molecule has 0 aromatic heterocycles. The highest BCUT2D eigenvalue weighted by Crippen LogP contribution is 2.32. The Morgan fingerprint density at radius 1 is 1.38 bits per heavy atom. The lowest BCUT2D eigenvalue weighted by Crippen LogP contribution is -2.27. The first-order valence-electron chi connectivity index (χ1n) is 4.61. The first-order chi connectivity index (χ1) is 7.66. The van der Waals surface area contributed by atoms with Crippen LogP contribution in [0, 0.1) is 0 Å². The molecule has 1 heterocycles. The molecule has 0 saturated carbocycles. The number of Topliss-reactive ketones (excluding diaryl/α,β-unsaturated/α-hetero) is 1. The summed E-state index contributed by atoms with van der Waals surface area (Å²) in [5.41, 5.74) is 0.317. The number of benzene rings is 1. The number of rotatable bonds is 4. The third-order valence-electron chi connectivity index (χ3n) is 2.11. The molecule has 0 unspecified atom stereocenters. The number of fused-ring (bicyclic) bond motifs is 1. The van der Waals surface area contributed by atoms with Crippen LogP contribution in [-0.2, 0) is 0 Å². The van der Waals surface area contributed by atoms with E-state index < -0.39 is 18.9 Å². The number of carbonyl (C=O) groups is 1. The fourth-order valence-corrected chi connectivity index (χ4v) is 1.34. The number of ketones is 1. The van der Waals surface area contributed by atoms with Gasteiger partial charge in [-0.15, -0.1) is 0 Å². The second-order valence-electron chi connectivity index (χ2n) is 3.17. The Morgan fingerprint density at radius 2 is 2.12 bits per heavy atom. The van der Waals surface area contributed by atoms with Gasteiger partial charge in [0.1, 0.15) is 0 Å². The minimum absolute atomic E-state index is 0.113. The van der Waals surface area contributed by atoms with Crippen LogP contribution >= 0.6 is 0 Å². The molecule has 1 aliphatic rings. The Morgan fingerprint density at radius 3 is 2.88 bits per heavy atom. The molecule has 0 bridgehead atoms. The van der Waals surface area contributed by atoms with Gasteiger partial charge in [0, 0.05) is 5.56 Å². The van der Waals surface area contributed by atoms with Crippen molar-refractivity contribution in [3.8, 4) is 11.5 Å². The fourth-order valence-electron chi connectivity index (χ4n) is 1.34. The first kappa shape index (κ1) is 10.8. The third-order valence-corrected chi connectivity index (χ3v) is 2.11. The zero-order valence-corrected chi connectivity index (χ0v) is 8.20. The van der Waals surface area contributed by atoms with Crippen LogP contribution in [0.15, 0.2) is 18.2 Å². The normalized spacial score (nSPS) is 13.2. The largest absolute Gasteiger partial charge is 0.454 e. The van der Waals surface area contributed by atoms with Crippen molar-refractivity contribution >= 4 is 5.78 Å². The van der Waals surface area contributed by atoms with Gasteiger partial charge in [-0.3, -0.25) is 10.1 Å². The van der Waals surface area contributed by atoms with Crippen LogP contribution in [-0.4, -0.2) is 25.7 Å². The van der Waals surface area contributed by atoms with Gasteiger partial charge in [0.25, 0.3) is 6.55 Å². The number of hydrogen-bond donors (Lipinski definition) is 1. The fraction of sp³-hybridized carbons (Fsp3) is 0.300. The number of alkyl halides is 2. The Bertz CT molecular complexity index is 409. The van der Waals surface area contributed by atoms with E-state index in [1.54, 1.807) is 11.4 Å². The van der Waals surface area contributed by atoms with Crippen LogP contribution in [0.2, 0.25) is 0 Å². The Labute approximate surface area is 90.2 Å². The van der Waals surface area contributed by atoms with E-state index in [4.69, 9.17) is 9.47 Å². The summed E-state index contributed by atoms with van der Waals surface area (Å²) in [5.74, 6) is 0.597. The van der Waals surface area contributed by atoms with Gasteiger partial charge in [0.2, 0.25) is 6.79 Å². The second kappa shape index (κ2) is 4.44. The van der Waals surface area contributed by atoms with Crippen molar-refractivity contribution in [3.63, 3.8) is 0 Å². The maximum absolute atomic E-state index is 11.8. The van der Waals surface area contributed by atoms with E-state index in [9.17, 15) is 13.6 Å². The van der Waals surface area contributed by atoms with Gasteiger partial charge in [-0.2, -0.15) is 8.78 Å². The van der Waals surface area contributed by atoms with E-state index in [-0.39, 0.29) is 6.79 Å². The van der Waals surface area contributed by atoms with E-state index >= 15 is 0 Å². The molecule has 0 fully saturated rings. The smallest absolute Gasteiger partial charge is 0.292 e. The van der Waals surface area contributed by atoms with E-state index in [1.807, 2.05) is 0 Å². The molecular formula is C10H9F2NO3. The van der Waals surface area contributed by atoms with Crippen molar-refractivity contribution in [3.05, 3.63) is 23.8 Å². The molecule has 0 amide bonds. The first-order valence-corrected chi connectivity index (χ1v) is 4.61. The van der Waals surface area contributed by atoms with Gasteiger partial charge in [-0.05, 0) is 18.2 Å². The van der Waals surface area contributed by atoms with E-state index in [0.717, 1.165) is 0 Å². The summed E-state index contributed by atoms with van der Waals surface area (Å²) in [4.78, 5) is 11.5. The van der Waals surface area contributed by atoms with Crippen LogP contribution in [0.5, 0.6) is 11.5 Å². The molecule has 4 nitrogen and oxygen atoms in total. The molecular weight excluding hydrogens is 220 g/mol. The standard InChI is InChI=1S/C10H9F2NO3/c11-10(12)13-4-7(14)6-1-2-8-9(3-6)16-5-15-8/h1-3,10,13H,4-5H2. The van der Waals surface area contributed by atoms with Crippen LogP contribution in [0.1, 0.15) is 10.4 Å². The zero-order chi connectivity index (χ0) is 11.5. The van der Waals surface area contributed by atoms with E-state index in [1.165, 1.54) is 12.1 Å². The lowest BCUT2D eigenvalue weighted by atomic mass is 10.1. The predicted molar refractivity (Wildman–Crippen MR) is 50.9 cm³/mol. The predicted octanol–water partition coefficient (Wildman–Crippen LogP) is 1.41. The number of carbonyl (C=O) groups excluding carboxylic acids is 1. The summed E-state index contributed by atoms with van der Waals surface area (Å²) in [5, 5.41) is 1.76. The highest BCUT2D eigenvalue weighted by Gasteiger charge is 2.16. The van der Waals surface area contributed by atoms with Crippen molar-refractivity contribution in [1.82, 2.24) is 5.32 Å². The lowest BCUT2D eigenvalue weighted by molar-refractivity contribution is 0.0854. The van der Waals surface area contributed by atoms with E-state index in [2.05, 4.69) is 0 Å². The van der Waals surface area contributed by atoms with Gasteiger partial charge in [0.15, 0.2) is 17.3 Å². The van der Waals surface area contributed by atoms with Gasteiger partial charge >= 0.3 is 0 Å². The topological polar surface area (TPSA) is 47.6 Å². The van der Waals surface area contributed by atoms with Crippen molar-refractivity contribution < 1.29 is 23.0 Å². The van der Waals surface area contributed by atoms with Gasteiger partial charge in [-0.25, -0.2) is 0 Å². The molecule has 1 N–H and O–H groups in total. The zero-order valence-electron chi connectivity index (χ0n) is 8.20. The number of hydrogen-bond acceptors (Lipinski definition) is 4. The number of nitrogens with one attached hydrogen (secondary N) is 1. The summed E-state index contributed by atoms with van der Waals surface area (Å²) in [6.07, 6.45) is 0. The molecule has 2 rings (SSSR count). The van der Waals surface area contributed by atoms with Crippen LogP contribution in [0.3, 0.4) is 0 Å². The molecule has 16 heavy (non-hydrogen) atoms. The average Bonchev–Trinajstić information content (AvgIpc) is 2.72. The Hall–Kier alpha value is -1.69. The quantitative estimate of drug-likeness (QED) is 0.626. The number of halogens is 2. The summed E-state index contributed by atoms with van der Waals surface area (Å²) >= 11 is 0. The summed E-state index contributed by atoms with van der Waals surface area (Å²) in [6.45, 7) is -2.99. The average molecular weight is 229 g/mol. The van der Waals surface area contributed by atoms with E-state index in [0.29, 0.717) is 17.1 Å². The molecule has 86 valence electrons. The minimum atomic E-state index is -2.70. The monoisotopic (exact) mass is 229 g/mol. The van der Waals surface area contributed by atoms with Crippen molar-refractivity contribution in [1.29, 1.82) is 0 Å². The van der Waals surface area contributed by atoms with Crippen molar-refractivity contribution in [2.75, 3.05) is 13.3 Å². The van der Waals surface area contributed by atoms with Gasteiger partial charge in [-0.1, -0.05) is 0 Å². The molecule has 1 aromatic carbocycles. The second-order valence-corrected chi connectivity index (χ2v) is 3.17. The highest BCUT2D eigenvalue weighted by atomic mass is 19.3.